The van der Waals surface area contributed by atoms with Gasteiger partial charge in [-0.25, -0.2) is 4.98 Å². The fourth-order valence-electron chi connectivity index (χ4n) is 3.77. The number of rotatable bonds is 5. The van der Waals surface area contributed by atoms with Crippen molar-refractivity contribution < 1.29 is 4.79 Å². The van der Waals surface area contributed by atoms with Crippen molar-refractivity contribution >= 4 is 17.2 Å². The number of carbonyl (C=O) groups excluding carboxylic acids is 1. The zero-order chi connectivity index (χ0) is 16.2. The predicted octanol–water partition coefficient (Wildman–Crippen LogP) is 3.49. The number of nitrogens with zero attached hydrogens (tertiary/aromatic N) is 3. The molecule has 0 aromatic carbocycles. The summed E-state index contributed by atoms with van der Waals surface area (Å²) in [4.78, 5) is 23.0. The minimum absolute atomic E-state index is 0.211. The normalized spacial score (nSPS) is 20.3. The molecule has 3 rings (SSSR count). The summed E-state index contributed by atoms with van der Waals surface area (Å²) in [5.41, 5.74) is 0.924. The van der Waals surface area contributed by atoms with E-state index in [9.17, 15) is 4.79 Å². The zero-order valence-electron chi connectivity index (χ0n) is 14.5. The minimum Gasteiger partial charge on any atom is -0.338 e. The number of aryl methyl sites for hydroxylation is 2. The molecule has 23 heavy (non-hydrogen) atoms. The third-order valence-electron chi connectivity index (χ3n) is 5.19. The van der Waals surface area contributed by atoms with Gasteiger partial charge in [0.15, 0.2) is 0 Å². The molecule has 2 aliphatic rings. The van der Waals surface area contributed by atoms with E-state index in [4.69, 9.17) is 0 Å². The summed E-state index contributed by atoms with van der Waals surface area (Å²) in [6, 6.07) is 0.698. The molecule has 0 unspecified atom stereocenters. The van der Waals surface area contributed by atoms with E-state index in [1.165, 1.54) is 32.4 Å². The topological polar surface area (TPSA) is 36.4 Å². The summed E-state index contributed by atoms with van der Waals surface area (Å²) >= 11 is 1.61. The number of likely N-dealkylation sites (tertiary alicyclic amines) is 2. The van der Waals surface area contributed by atoms with Gasteiger partial charge >= 0.3 is 0 Å². The molecule has 2 aliphatic heterocycles. The fourth-order valence-corrected chi connectivity index (χ4v) is 4.84. The Hall–Kier alpha value is -0.940. The lowest BCUT2D eigenvalue weighted by Gasteiger charge is -2.36. The Morgan fingerprint density at radius 3 is 2.57 bits per heavy atom. The van der Waals surface area contributed by atoms with E-state index in [1.54, 1.807) is 11.3 Å². The number of aromatic nitrogens is 1. The van der Waals surface area contributed by atoms with Crippen LogP contribution in [-0.4, -0.2) is 52.9 Å². The third kappa shape index (κ3) is 3.94. The molecular formula is C18H29N3OS. The average molecular weight is 336 g/mol. The van der Waals surface area contributed by atoms with Crippen molar-refractivity contribution in [3.63, 3.8) is 0 Å². The van der Waals surface area contributed by atoms with Crippen LogP contribution in [0.5, 0.6) is 0 Å². The van der Waals surface area contributed by atoms with Gasteiger partial charge < -0.3 is 9.80 Å². The molecule has 1 amide bonds. The number of unbranched alkanes of at least 4 members (excludes halogenated alkanes) is 1. The zero-order valence-corrected chi connectivity index (χ0v) is 15.3. The third-order valence-corrected chi connectivity index (χ3v) is 6.39. The van der Waals surface area contributed by atoms with Gasteiger partial charge in [0.25, 0.3) is 5.91 Å². The lowest BCUT2D eigenvalue weighted by Crippen LogP contribution is -2.45. The molecule has 2 fully saturated rings. The Kier molecular flexibility index (Phi) is 5.70. The van der Waals surface area contributed by atoms with Gasteiger partial charge in [0.1, 0.15) is 4.88 Å². The summed E-state index contributed by atoms with van der Waals surface area (Å²) in [6.45, 7) is 8.50. The van der Waals surface area contributed by atoms with Gasteiger partial charge in [0.05, 0.1) is 10.7 Å². The SMILES string of the molecule is CCCCc1nc(C)c(C(=O)N2CCC(N3CCCC3)CC2)s1. The summed E-state index contributed by atoms with van der Waals surface area (Å²) in [5, 5.41) is 1.12. The second-order valence-electron chi connectivity index (χ2n) is 6.89. The Balaban J connectivity index is 1.57. The molecule has 0 atom stereocenters. The van der Waals surface area contributed by atoms with Gasteiger partial charge in [0, 0.05) is 19.1 Å². The van der Waals surface area contributed by atoms with Crippen molar-refractivity contribution in [3.8, 4) is 0 Å². The molecule has 0 saturated carbocycles. The van der Waals surface area contributed by atoms with Crippen molar-refractivity contribution in [2.75, 3.05) is 26.2 Å². The van der Waals surface area contributed by atoms with Crippen molar-refractivity contribution in [2.45, 2.75) is 64.8 Å². The van der Waals surface area contributed by atoms with Gasteiger partial charge in [0.2, 0.25) is 0 Å². The summed E-state index contributed by atoms with van der Waals surface area (Å²) in [7, 11) is 0. The molecular weight excluding hydrogens is 306 g/mol. The van der Waals surface area contributed by atoms with E-state index in [-0.39, 0.29) is 5.91 Å². The van der Waals surface area contributed by atoms with E-state index < -0.39 is 0 Å². The van der Waals surface area contributed by atoms with E-state index in [1.807, 2.05) is 6.92 Å². The number of carbonyl (C=O) groups is 1. The molecule has 0 radical (unpaired) electrons. The van der Waals surface area contributed by atoms with Gasteiger partial charge in [-0.05, 0) is 58.5 Å². The first-order chi connectivity index (χ1) is 11.2. The summed E-state index contributed by atoms with van der Waals surface area (Å²) < 4.78 is 0. The molecule has 2 saturated heterocycles. The van der Waals surface area contributed by atoms with Crippen molar-refractivity contribution in [2.24, 2.45) is 0 Å². The maximum absolute atomic E-state index is 12.8. The lowest BCUT2D eigenvalue weighted by atomic mass is 10.0. The monoisotopic (exact) mass is 335 g/mol. The van der Waals surface area contributed by atoms with Crippen LogP contribution in [0, 0.1) is 6.92 Å². The average Bonchev–Trinajstić information content (AvgIpc) is 3.22. The number of piperidine rings is 1. The van der Waals surface area contributed by atoms with E-state index in [2.05, 4.69) is 21.7 Å². The summed E-state index contributed by atoms with van der Waals surface area (Å²) in [6.07, 6.45) is 8.29. The quantitative estimate of drug-likeness (QED) is 0.826. The minimum atomic E-state index is 0.211. The van der Waals surface area contributed by atoms with Crippen molar-refractivity contribution in [1.29, 1.82) is 0 Å². The van der Waals surface area contributed by atoms with Crippen LogP contribution in [0.4, 0.5) is 0 Å². The standard InChI is InChI=1S/C18H29N3OS/c1-3-4-7-16-19-14(2)17(23-16)18(22)21-12-8-15(9-13-21)20-10-5-6-11-20/h15H,3-13H2,1-2H3. The van der Waals surface area contributed by atoms with Crippen LogP contribution in [0.3, 0.4) is 0 Å². The van der Waals surface area contributed by atoms with Gasteiger partial charge in [-0.1, -0.05) is 13.3 Å². The smallest absolute Gasteiger partial charge is 0.265 e. The summed E-state index contributed by atoms with van der Waals surface area (Å²) in [5.74, 6) is 0.211. The molecule has 0 bridgehead atoms. The molecule has 1 aromatic rings. The molecule has 0 aliphatic carbocycles. The number of hydrogen-bond acceptors (Lipinski definition) is 4. The number of thiazole rings is 1. The maximum Gasteiger partial charge on any atom is 0.265 e. The van der Waals surface area contributed by atoms with Gasteiger partial charge in [-0.15, -0.1) is 11.3 Å². The highest BCUT2D eigenvalue weighted by molar-refractivity contribution is 7.13. The second kappa shape index (κ2) is 7.75. The second-order valence-corrected chi connectivity index (χ2v) is 7.98. The Morgan fingerprint density at radius 1 is 1.22 bits per heavy atom. The van der Waals surface area contributed by atoms with Crippen LogP contribution >= 0.6 is 11.3 Å². The first-order valence-electron chi connectivity index (χ1n) is 9.18. The molecule has 3 heterocycles. The highest BCUT2D eigenvalue weighted by Gasteiger charge is 2.30. The number of amides is 1. The Labute approximate surface area is 143 Å². The molecule has 4 nitrogen and oxygen atoms in total. The van der Waals surface area contributed by atoms with Crippen LogP contribution < -0.4 is 0 Å². The van der Waals surface area contributed by atoms with E-state index in [0.717, 1.165) is 54.4 Å². The molecule has 128 valence electrons. The fraction of sp³-hybridized carbons (Fsp3) is 0.778. The van der Waals surface area contributed by atoms with Crippen molar-refractivity contribution in [1.82, 2.24) is 14.8 Å². The van der Waals surface area contributed by atoms with E-state index in [0.29, 0.717) is 6.04 Å². The molecule has 0 spiro atoms. The largest absolute Gasteiger partial charge is 0.338 e. The molecule has 5 heteroatoms. The van der Waals surface area contributed by atoms with Crippen LogP contribution in [-0.2, 0) is 6.42 Å². The van der Waals surface area contributed by atoms with Crippen LogP contribution in [0.25, 0.3) is 0 Å². The first-order valence-corrected chi connectivity index (χ1v) is 10.00. The van der Waals surface area contributed by atoms with Crippen LogP contribution in [0.15, 0.2) is 0 Å². The van der Waals surface area contributed by atoms with E-state index >= 15 is 0 Å². The van der Waals surface area contributed by atoms with Gasteiger partial charge in [-0.2, -0.15) is 0 Å². The highest BCUT2D eigenvalue weighted by Crippen LogP contribution is 2.25. The predicted molar refractivity (Wildman–Crippen MR) is 95.2 cm³/mol. The van der Waals surface area contributed by atoms with Crippen molar-refractivity contribution in [3.05, 3.63) is 15.6 Å². The van der Waals surface area contributed by atoms with Gasteiger partial charge in [-0.3, -0.25) is 4.79 Å². The van der Waals surface area contributed by atoms with Crippen LogP contribution in [0.1, 0.15) is 65.8 Å². The Morgan fingerprint density at radius 2 is 1.91 bits per heavy atom. The number of hydrogen-bond donors (Lipinski definition) is 0. The Bertz CT molecular complexity index is 528. The molecule has 0 N–H and O–H groups in total. The first kappa shape index (κ1) is 16.9. The highest BCUT2D eigenvalue weighted by atomic mass is 32.1. The maximum atomic E-state index is 12.8. The lowest BCUT2D eigenvalue weighted by molar-refractivity contribution is 0.0648. The molecule has 1 aromatic heterocycles. The van der Waals surface area contributed by atoms with Crippen LogP contribution in [0.2, 0.25) is 0 Å².